The molecule has 1 unspecified atom stereocenters. The van der Waals surface area contributed by atoms with Gasteiger partial charge in [-0.2, -0.15) is 0 Å². The summed E-state index contributed by atoms with van der Waals surface area (Å²) < 4.78 is 10.8. The Morgan fingerprint density at radius 2 is 1.78 bits per heavy atom. The van der Waals surface area contributed by atoms with Crippen LogP contribution in [0.25, 0.3) is 0 Å². The highest BCUT2D eigenvalue weighted by molar-refractivity contribution is 5.49. The van der Waals surface area contributed by atoms with Gasteiger partial charge in [0.2, 0.25) is 6.79 Å². The molecule has 1 aliphatic rings. The van der Waals surface area contributed by atoms with Crippen LogP contribution in [0.2, 0.25) is 0 Å². The van der Waals surface area contributed by atoms with Crippen molar-refractivity contribution in [2.24, 2.45) is 0 Å². The Hall–Kier alpha value is -1.26. The molecule has 1 aliphatic heterocycles. The van der Waals surface area contributed by atoms with E-state index >= 15 is 0 Å². The van der Waals surface area contributed by atoms with E-state index in [1.54, 1.807) is 0 Å². The molecule has 1 aromatic carbocycles. The van der Waals surface area contributed by atoms with Crippen molar-refractivity contribution in [3.63, 3.8) is 0 Å². The number of ether oxygens (including phenoxy) is 2. The summed E-state index contributed by atoms with van der Waals surface area (Å²) in [6.07, 6.45) is 0. The van der Waals surface area contributed by atoms with Gasteiger partial charge in [-0.3, -0.25) is 4.90 Å². The first-order valence-electron chi connectivity index (χ1n) is 6.09. The summed E-state index contributed by atoms with van der Waals surface area (Å²) in [7, 11) is 3.93. The topological polar surface area (TPSA) is 41.9 Å². The lowest BCUT2D eigenvalue weighted by molar-refractivity contribution is -0.00347. The van der Waals surface area contributed by atoms with Crippen LogP contribution in [0.3, 0.4) is 0 Å². The molecule has 0 amide bonds. The third-order valence-corrected chi connectivity index (χ3v) is 3.24. The molecular weight excluding hydrogens is 230 g/mol. The van der Waals surface area contributed by atoms with E-state index in [1.807, 2.05) is 51.9 Å². The van der Waals surface area contributed by atoms with Gasteiger partial charge >= 0.3 is 0 Å². The molecule has 2 rings (SSSR count). The molecule has 0 radical (unpaired) electrons. The minimum absolute atomic E-state index is 0.0907. The highest BCUT2D eigenvalue weighted by Gasteiger charge is 2.32. The average Bonchev–Trinajstić information content (AvgIpc) is 2.62. The first-order valence-corrected chi connectivity index (χ1v) is 6.09. The van der Waals surface area contributed by atoms with Crippen molar-refractivity contribution in [3.8, 4) is 11.5 Å². The summed E-state index contributed by atoms with van der Waals surface area (Å²) in [5, 5.41) is 10.4. The fourth-order valence-corrected chi connectivity index (χ4v) is 2.64. The number of hydrogen-bond acceptors (Lipinski definition) is 4. The van der Waals surface area contributed by atoms with Crippen LogP contribution in [0.1, 0.15) is 31.0 Å². The largest absolute Gasteiger partial charge is 0.454 e. The Balaban J connectivity index is 2.49. The smallest absolute Gasteiger partial charge is 0.231 e. The van der Waals surface area contributed by atoms with Crippen molar-refractivity contribution >= 4 is 0 Å². The number of nitrogens with zero attached hydrogens (tertiary/aromatic N) is 1. The standard InChI is InChI=1S/C14H21NO3/c1-9-6-11-12(18-8-17-11)7-10(9)13(15(4)5)14(2,3)16/h6-7,13,16H,8H2,1-5H3. The summed E-state index contributed by atoms with van der Waals surface area (Å²) in [5.74, 6) is 1.54. The van der Waals surface area contributed by atoms with Crippen molar-refractivity contribution in [1.82, 2.24) is 4.90 Å². The minimum Gasteiger partial charge on any atom is -0.454 e. The van der Waals surface area contributed by atoms with Gasteiger partial charge in [-0.05, 0) is 58.1 Å². The molecule has 0 saturated heterocycles. The number of benzene rings is 1. The molecule has 100 valence electrons. The van der Waals surface area contributed by atoms with Gasteiger partial charge in [0.25, 0.3) is 0 Å². The Morgan fingerprint density at radius 1 is 1.22 bits per heavy atom. The molecule has 0 bridgehead atoms. The second-order valence-corrected chi connectivity index (χ2v) is 5.58. The molecule has 0 saturated carbocycles. The number of rotatable bonds is 3. The molecule has 4 nitrogen and oxygen atoms in total. The summed E-state index contributed by atoms with van der Waals surface area (Å²) in [6.45, 7) is 5.94. The van der Waals surface area contributed by atoms with E-state index in [-0.39, 0.29) is 12.8 Å². The van der Waals surface area contributed by atoms with Gasteiger partial charge in [0, 0.05) is 0 Å². The highest BCUT2D eigenvalue weighted by Crippen LogP contribution is 2.40. The maximum absolute atomic E-state index is 10.4. The summed E-state index contributed by atoms with van der Waals surface area (Å²) in [4.78, 5) is 2.02. The predicted octanol–water partition coefficient (Wildman–Crippen LogP) is 2.10. The average molecular weight is 251 g/mol. The summed E-state index contributed by atoms with van der Waals surface area (Å²) in [5.41, 5.74) is 1.33. The molecule has 18 heavy (non-hydrogen) atoms. The lowest BCUT2D eigenvalue weighted by Crippen LogP contribution is -2.38. The van der Waals surface area contributed by atoms with Gasteiger partial charge in [0.15, 0.2) is 11.5 Å². The van der Waals surface area contributed by atoms with Gasteiger partial charge in [-0.1, -0.05) is 0 Å². The maximum atomic E-state index is 10.4. The lowest BCUT2D eigenvalue weighted by Gasteiger charge is -2.36. The van der Waals surface area contributed by atoms with Crippen LogP contribution in [0, 0.1) is 6.92 Å². The Kier molecular flexibility index (Phi) is 3.25. The zero-order valence-corrected chi connectivity index (χ0v) is 11.7. The van der Waals surface area contributed by atoms with Crippen LogP contribution in [0.4, 0.5) is 0 Å². The highest BCUT2D eigenvalue weighted by atomic mass is 16.7. The lowest BCUT2D eigenvalue weighted by atomic mass is 9.88. The van der Waals surface area contributed by atoms with Gasteiger partial charge in [0.1, 0.15) is 0 Å². The first kappa shape index (κ1) is 13.2. The zero-order chi connectivity index (χ0) is 13.5. The molecule has 0 aliphatic carbocycles. The predicted molar refractivity (Wildman–Crippen MR) is 70.0 cm³/mol. The summed E-state index contributed by atoms with van der Waals surface area (Å²) in [6, 6.07) is 3.85. The third kappa shape index (κ3) is 2.31. The Bertz CT molecular complexity index is 449. The normalized spacial score (nSPS) is 16.2. The quantitative estimate of drug-likeness (QED) is 0.893. The third-order valence-electron chi connectivity index (χ3n) is 3.24. The van der Waals surface area contributed by atoms with Crippen LogP contribution in [0.5, 0.6) is 11.5 Å². The molecule has 1 N–H and O–H groups in total. The Morgan fingerprint density at radius 3 is 2.28 bits per heavy atom. The number of aryl methyl sites for hydroxylation is 1. The molecule has 0 spiro atoms. The molecule has 0 aromatic heterocycles. The van der Waals surface area contributed by atoms with E-state index in [2.05, 4.69) is 0 Å². The van der Waals surface area contributed by atoms with E-state index < -0.39 is 5.60 Å². The molecule has 0 fully saturated rings. The minimum atomic E-state index is -0.831. The number of fused-ring (bicyclic) bond motifs is 1. The van der Waals surface area contributed by atoms with Gasteiger partial charge in [-0.15, -0.1) is 0 Å². The SMILES string of the molecule is Cc1cc2c(cc1C(N(C)C)C(C)(C)O)OCO2. The fourth-order valence-electron chi connectivity index (χ4n) is 2.64. The Labute approximate surface area is 108 Å². The van der Waals surface area contributed by atoms with Gasteiger partial charge in [-0.25, -0.2) is 0 Å². The van der Waals surface area contributed by atoms with Crippen molar-refractivity contribution in [2.45, 2.75) is 32.4 Å². The van der Waals surface area contributed by atoms with E-state index in [9.17, 15) is 5.11 Å². The molecule has 1 aromatic rings. The van der Waals surface area contributed by atoms with Crippen LogP contribution in [-0.2, 0) is 0 Å². The van der Waals surface area contributed by atoms with E-state index in [4.69, 9.17) is 9.47 Å². The monoisotopic (exact) mass is 251 g/mol. The van der Waals surface area contributed by atoms with Crippen LogP contribution in [-0.4, -0.2) is 36.5 Å². The second-order valence-electron chi connectivity index (χ2n) is 5.58. The van der Waals surface area contributed by atoms with E-state index in [1.165, 1.54) is 0 Å². The van der Waals surface area contributed by atoms with Crippen LogP contribution < -0.4 is 9.47 Å². The van der Waals surface area contributed by atoms with E-state index in [0.717, 1.165) is 22.6 Å². The maximum Gasteiger partial charge on any atom is 0.231 e. The second kappa shape index (κ2) is 4.44. The fraction of sp³-hybridized carbons (Fsp3) is 0.571. The van der Waals surface area contributed by atoms with Crippen molar-refractivity contribution in [2.75, 3.05) is 20.9 Å². The van der Waals surface area contributed by atoms with Gasteiger partial charge in [0.05, 0.1) is 11.6 Å². The summed E-state index contributed by atoms with van der Waals surface area (Å²) >= 11 is 0. The molecule has 4 heteroatoms. The molecule has 1 atom stereocenters. The van der Waals surface area contributed by atoms with Crippen LogP contribution >= 0.6 is 0 Å². The van der Waals surface area contributed by atoms with Crippen molar-refractivity contribution < 1.29 is 14.6 Å². The number of likely N-dealkylation sites (N-methyl/N-ethyl adjacent to an activating group) is 1. The number of hydrogen-bond donors (Lipinski definition) is 1. The molecule has 1 heterocycles. The zero-order valence-electron chi connectivity index (χ0n) is 11.7. The van der Waals surface area contributed by atoms with Crippen molar-refractivity contribution in [1.29, 1.82) is 0 Å². The van der Waals surface area contributed by atoms with Crippen molar-refractivity contribution in [3.05, 3.63) is 23.3 Å². The van der Waals surface area contributed by atoms with Gasteiger partial charge < -0.3 is 14.6 Å². The van der Waals surface area contributed by atoms with E-state index in [0.29, 0.717) is 0 Å². The van der Waals surface area contributed by atoms with Crippen LogP contribution in [0.15, 0.2) is 12.1 Å². The first-order chi connectivity index (χ1) is 8.30. The molecular formula is C14H21NO3. The number of aliphatic hydroxyl groups is 1.